The van der Waals surface area contributed by atoms with E-state index in [1.807, 2.05) is 36.1 Å². The van der Waals surface area contributed by atoms with Gasteiger partial charge in [0.2, 0.25) is 11.8 Å². The van der Waals surface area contributed by atoms with E-state index in [1.165, 1.54) is 0 Å². The lowest BCUT2D eigenvalue weighted by Gasteiger charge is -2.34. The Morgan fingerprint density at radius 1 is 1.23 bits per heavy atom. The molecule has 1 aromatic heterocycles. The lowest BCUT2D eigenvalue weighted by molar-refractivity contribution is -0.147. The molecule has 2 aliphatic heterocycles. The number of carbonyl (C=O) groups is 2. The second-order valence-electron chi connectivity index (χ2n) is 8.21. The molecule has 2 aliphatic rings. The number of hydrogen-bond donors (Lipinski definition) is 3. The number of hydrogen-bond acceptors (Lipinski definition) is 5. The minimum Gasteiger partial charge on any atom is -0.343 e. The molecule has 2 amide bonds. The average molecular weight is 411 g/mol. The number of aromatic nitrogens is 2. The zero-order valence-electron chi connectivity index (χ0n) is 17.4. The lowest BCUT2D eigenvalue weighted by Crippen LogP contribution is -2.61. The molecule has 8 nitrogen and oxygen atoms in total. The van der Waals surface area contributed by atoms with E-state index >= 15 is 0 Å². The number of nitrogens with one attached hydrogen (secondary N) is 2. The summed E-state index contributed by atoms with van der Waals surface area (Å²) >= 11 is 0. The molecule has 3 atom stereocenters. The minimum absolute atomic E-state index is 0.0345. The molecule has 8 heteroatoms. The molecule has 2 aromatic rings. The fraction of sp³-hybridized carbons (Fsp3) is 0.500. The van der Waals surface area contributed by atoms with E-state index in [9.17, 15) is 9.59 Å². The number of nitrogens with two attached hydrogens (primary N) is 1. The van der Waals surface area contributed by atoms with E-state index in [2.05, 4.69) is 27.9 Å². The molecule has 0 spiro atoms. The standard InChI is InChI=1S/C22H30N6O2/c1-27-13-16(20(26-27)15-7-3-2-4-8-15)12-24-17-11-19-21(29)25-18(9-5-6-10-23)22(30)28(19)14-17/h2-4,7-8,13,17-19,24H,5-6,9-12,14,23H2,1H3,(H,25,29)/t17-,18-,19-/m0/s1. The van der Waals surface area contributed by atoms with Gasteiger partial charge in [-0.1, -0.05) is 30.3 Å². The maximum Gasteiger partial charge on any atom is 0.245 e. The van der Waals surface area contributed by atoms with Crippen LogP contribution in [0.15, 0.2) is 36.5 Å². The van der Waals surface area contributed by atoms with E-state index in [4.69, 9.17) is 5.73 Å². The summed E-state index contributed by atoms with van der Waals surface area (Å²) in [6, 6.07) is 9.39. The van der Waals surface area contributed by atoms with Crippen molar-refractivity contribution in [2.45, 2.75) is 50.4 Å². The van der Waals surface area contributed by atoms with Crippen LogP contribution in [0, 0.1) is 0 Å². The fourth-order valence-electron chi connectivity index (χ4n) is 4.45. The van der Waals surface area contributed by atoms with Gasteiger partial charge in [0.1, 0.15) is 12.1 Å². The van der Waals surface area contributed by atoms with Crippen molar-refractivity contribution in [2.24, 2.45) is 12.8 Å². The molecule has 4 rings (SSSR count). The number of aryl methyl sites for hydroxylation is 1. The van der Waals surface area contributed by atoms with Gasteiger partial charge in [0.05, 0.1) is 5.69 Å². The lowest BCUT2D eigenvalue weighted by atomic mass is 10.0. The van der Waals surface area contributed by atoms with Gasteiger partial charge in [0, 0.05) is 43.5 Å². The van der Waals surface area contributed by atoms with Crippen LogP contribution >= 0.6 is 0 Å². The molecule has 1 aromatic carbocycles. The normalized spacial score (nSPS) is 23.5. The highest BCUT2D eigenvalue weighted by Gasteiger charge is 2.45. The first-order chi connectivity index (χ1) is 14.6. The van der Waals surface area contributed by atoms with Crippen LogP contribution in [0.4, 0.5) is 0 Å². The van der Waals surface area contributed by atoms with Gasteiger partial charge in [0.15, 0.2) is 0 Å². The van der Waals surface area contributed by atoms with Gasteiger partial charge < -0.3 is 21.3 Å². The Morgan fingerprint density at radius 3 is 2.80 bits per heavy atom. The van der Waals surface area contributed by atoms with E-state index in [0.717, 1.165) is 29.7 Å². The first-order valence-corrected chi connectivity index (χ1v) is 10.7. The van der Waals surface area contributed by atoms with Gasteiger partial charge in [-0.15, -0.1) is 0 Å². The molecule has 0 bridgehead atoms. The predicted molar refractivity (Wildman–Crippen MR) is 114 cm³/mol. The van der Waals surface area contributed by atoms with Crippen LogP contribution in [0.2, 0.25) is 0 Å². The summed E-state index contributed by atoms with van der Waals surface area (Å²) in [4.78, 5) is 27.2. The van der Waals surface area contributed by atoms with E-state index in [1.54, 1.807) is 4.90 Å². The highest BCUT2D eigenvalue weighted by atomic mass is 16.2. The highest BCUT2D eigenvalue weighted by Crippen LogP contribution is 2.26. The Morgan fingerprint density at radius 2 is 2.03 bits per heavy atom. The van der Waals surface area contributed by atoms with Gasteiger partial charge in [-0.05, 0) is 32.2 Å². The molecule has 0 radical (unpaired) electrons. The predicted octanol–water partition coefficient (Wildman–Crippen LogP) is 0.774. The summed E-state index contributed by atoms with van der Waals surface area (Å²) in [5, 5.41) is 11.1. The Bertz CT molecular complexity index is 896. The Balaban J connectivity index is 1.39. The molecular formula is C22H30N6O2. The van der Waals surface area contributed by atoms with Crippen LogP contribution in [0.1, 0.15) is 31.2 Å². The molecular weight excluding hydrogens is 380 g/mol. The molecule has 160 valence electrons. The van der Waals surface area contributed by atoms with Crippen LogP contribution in [0.3, 0.4) is 0 Å². The molecule has 2 fully saturated rings. The first kappa shape index (κ1) is 20.6. The third-order valence-electron chi connectivity index (χ3n) is 5.98. The molecule has 30 heavy (non-hydrogen) atoms. The van der Waals surface area contributed by atoms with Gasteiger partial charge >= 0.3 is 0 Å². The Kier molecular flexibility index (Phi) is 6.15. The number of piperazine rings is 1. The van der Waals surface area contributed by atoms with Gasteiger partial charge in [-0.25, -0.2) is 0 Å². The van der Waals surface area contributed by atoms with Crippen molar-refractivity contribution in [2.75, 3.05) is 13.1 Å². The maximum atomic E-state index is 12.8. The summed E-state index contributed by atoms with van der Waals surface area (Å²) < 4.78 is 1.82. The summed E-state index contributed by atoms with van der Waals surface area (Å²) in [5.41, 5.74) is 8.68. The third-order valence-corrected chi connectivity index (χ3v) is 5.98. The molecule has 0 saturated carbocycles. The summed E-state index contributed by atoms with van der Waals surface area (Å²) in [6.07, 6.45) is 5.01. The van der Waals surface area contributed by atoms with Crippen LogP contribution in [-0.2, 0) is 23.2 Å². The Hall–Kier alpha value is -2.71. The van der Waals surface area contributed by atoms with Crippen molar-refractivity contribution in [3.8, 4) is 11.3 Å². The van der Waals surface area contributed by atoms with Crippen LogP contribution < -0.4 is 16.4 Å². The fourth-order valence-corrected chi connectivity index (χ4v) is 4.45. The number of amides is 2. The number of fused-ring (bicyclic) bond motifs is 1. The zero-order chi connectivity index (χ0) is 21.1. The minimum atomic E-state index is -0.415. The van der Waals surface area contributed by atoms with Crippen molar-refractivity contribution < 1.29 is 9.59 Å². The molecule has 2 saturated heterocycles. The third kappa shape index (κ3) is 4.24. The summed E-state index contributed by atoms with van der Waals surface area (Å²) in [6.45, 7) is 1.80. The van der Waals surface area contributed by atoms with Gasteiger partial charge in [-0.2, -0.15) is 5.10 Å². The quantitative estimate of drug-likeness (QED) is 0.558. The topological polar surface area (TPSA) is 105 Å². The number of benzene rings is 1. The van der Waals surface area contributed by atoms with Crippen molar-refractivity contribution in [1.29, 1.82) is 0 Å². The summed E-state index contributed by atoms with van der Waals surface area (Å²) in [7, 11) is 1.92. The SMILES string of the molecule is Cn1cc(CN[C@H]2C[C@H]3C(=O)N[C@@H](CCCCN)C(=O)N3C2)c(-c2ccccc2)n1. The zero-order valence-corrected chi connectivity index (χ0v) is 17.4. The molecule has 0 aliphatic carbocycles. The van der Waals surface area contributed by atoms with Crippen LogP contribution in [0.5, 0.6) is 0 Å². The highest BCUT2D eigenvalue weighted by molar-refractivity contribution is 5.97. The first-order valence-electron chi connectivity index (χ1n) is 10.7. The van der Waals surface area contributed by atoms with Crippen LogP contribution in [0.25, 0.3) is 11.3 Å². The number of carbonyl (C=O) groups excluding carboxylic acids is 2. The number of nitrogens with zero attached hydrogens (tertiary/aromatic N) is 3. The second kappa shape index (κ2) is 8.97. The second-order valence-corrected chi connectivity index (χ2v) is 8.21. The molecule has 4 N–H and O–H groups in total. The van der Waals surface area contributed by atoms with Crippen LogP contribution in [-0.4, -0.2) is 57.7 Å². The number of rotatable bonds is 8. The van der Waals surface area contributed by atoms with Crippen molar-refractivity contribution in [3.05, 3.63) is 42.1 Å². The monoisotopic (exact) mass is 410 g/mol. The van der Waals surface area contributed by atoms with Gasteiger partial charge in [-0.3, -0.25) is 14.3 Å². The average Bonchev–Trinajstić information content (AvgIpc) is 3.35. The number of unbranched alkanes of at least 4 members (excludes halogenated alkanes) is 1. The van der Waals surface area contributed by atoms with E-state index in [0.29, 0.717) is 32.5 Å². The van der Waals surface area contributed by atoms with E-state index in [-0.39, 0.29) is 23.9 Å². The smallest absolute Gasteiger partial charge is 0.245 e. The van der Waals surface area contributed by atoms with Gasteiger partial charge in [0.25, 0.3) is 0 Å². The molecule has 0 unspecified atom stereocenters. The Labute approximate surface area is 176 Å². The van der Waals surface area contributed by atoms with Crippen molar-refractivity contribution in [3.63, 3.8) is 0 Å². The van der Waals surface area contributed by atoms with Crippen molar-refractivity contribution >= 4 is 11.8 Å². The summed E-state index contributed by atoms with van der Waals surface area (Å²) in [5.74, 6) is -0.00438. The molecule has 3 heterocycles. The maximum absolute atomic E-state index is 12.8. The van der Waals surface area contributed by atoms with Crippen molar-refractivity contribution in [1.82, 2.24) is 25.3 Å². The van der Waals surface area contributed by atoms with E-state index < -0.39 is 6.04 Å². The largest absolute Gasteiger partial charge is 0.343 e.